The van der Waals surface area contributed by atoms with E-state index in [1.165, 1.54) is 0 Å². The molecule has 1 atom stereocenters. The molecule has 1 fully saturated rings. The third kappa shape index (κ3) is 2.76. The first-order valence-electron chi connectivity index (χ1n) is 6.78. The molecule has 1 aliphatic rings. The summed E-state index contributed by atoms with van der Waals surface area (Å²) in [6, 6.07) is 5.64. The van der Waals surface area contributed by atoms with Gasteiger partial charge in [0.1, 0.15) is 0 Å². The molecule has 21 heavy (non-hydrogen) atoms. The molecule has 1 unspecified atom stereocenters. The number of aromatic nitrogens is 4. The van der Waals surface area contributed by atoms with E-state index in [9.17, 15) is 8.42 Å². The van der Waals surface area contributed by atoms with E-state index in [1.54, 1.807) is 10.7 Å². The van der Waals surface area contributed by atoms with Crippen molar-refractivity contribution >= 4 is 15.5 Å². The van der Waals surface area contributed by atoms with Crippen molar-refractivity contribution in [1.82, 2.24) is 20.2 Å². The standard InChI is InChI=1S/C13H17N5O2S/c1-9-3-2-4-11(14)12(9)13-15-16-17-18(13)7-10-5-6-21(19,20)8-10/h2-4,10H,5-8,14H2,1H3. The van der Waals surface area contributed by atoms with E-state index in [0.29, 0.717) is 24.5 Å². The summed E-state index contributed by atoms with van der Waals surface area (Å²) in [7, 11) is -2.90. The Morgan fingerprint density at radius 3 is 2.90 bits per heavy atom. The minimum Gasteiger partial charge on any atom is -0.398 e. The molecule has 0 bridgehead atoms. The van der Waals surface area contributed by atoms with Crippen molar-refractivity contribution in [3.63, 3.8) is 0 Å². The maximum Gasteiger partial charge on any atom is 0.184 e. The quantitative estimate of drug-likeness (QED) is 0.836. The molecule has 1 saturated heterocycles. The van der Waals surface area contributed by atoms with Gasteiger partial charge in [0.15, 0.2) is 15.7 Å². The second kappa shape index (κ2) is 5.10. The van der Waals surface area contributed by atoms with Gasteiger partial charge in [-0.2, -0.15) is 0 Å². The number of nitrogen functional groups attached to an aromatic ring is 1. The Balaban J connectivity index is 1.92. The van der Waals surface area contributed by atoms with E-state index in [1.807, 2.05) is 19.1 Å². The number of rotatable bonds is 3. The lowest BCUT2D eigenvalue weighted by Crippen LogP contribution is -2.15. The molecule has 1 aromatic heterocycles. The summed E-state index contributed by atoms with van der Waals surface area (Å²) in [4.78, 5) is 0. The minimum absolute atomic E-state index is 0.0579. The van der Waals surface area contributed by atoms with Gasteiger partial charge in [-0.25, -0.2) is 13.1 Å². The number of anilines is 1. The minimum atomic E-state index is -2.90. The van der Waals surface area contributed by atoms with E-state index in [4.69, 9.17) is 5.73 Å². The maximum atomic E-state index is 11.6. The van der Waals surface area contributed by atoms with E-state index in [0.717, 1.165) is 11.1 Å². The molecule has 1 aliphatic heterocycles. The molecule has 2 heterocycles. The van der Waals surface area contributed by atoms with Crippen LogP contribution in [-0.4, -0.2) is 40.1 Å². The summed E-state index contributed by atoms with van der Waals surface area (Å²) >= 11 is 0. The van der Waals surface area contributed by atoms with Crippen LogP contribution in [0.15, 0.2) is 18.2 Å². The summed E-state index contributed by atoms with van der Waals surface area (Å²) in [6.07, 6.45) is 0.658. The fourth-order valence-electron chi connectivity index (χ4n) is 2.76. The number of benzene rings is 1. The van der Waals surface area contributed by atoms with Crippen LogP contribution in [0.25, 0.3) is 11.4 Å². The first-order valence-corrected chi connectivity index (χ1v) is 8.60. The first kappa shape index (κ1) is 14.0. The van der Waals surface area contributed by atoms with Crippen LogP contribution in [0.5, 0.6) is 0 Å². The molecule has 1 aromatic carbocycles. The van der Waals surface area contributed by atoms with Crippen molar-refractivity contribution in [3.05, 3.63) is 23.8 Å². The van der Waals surface area contributed by atoms with Crippen molar-refractivity contribution < 1.29 is 8.42 Å². The molecule has 0 radical (unpaired) electrons. The average Bonchev–Trinajstić information content (AvgIpc) is 2.97. The second-order valence-corrected chi connectivity index (χ2v) is 7.72. The van der Waals surface area contributed by atoms with Gasteiger partial charge >= 0.3 is 0 Å². The third-order valence-corrected chi connectivity index (χ3v) is 5.66. The molecule has 2 aromatic rings. The smallest absolute Gasteiger partial charge is 0.184 e. The van der Waals surface area contributed by atoms with Crippen LogP contribution in [0, 0.1) is 12.8 Å². The topological polar surface area (TPSA) is 104 Å². The molecule has 0 saturated carbocycles. The maximum absolute atomic E-state index is 11.6. The van der Waals surface area contributed by atoms with Gasteiger partial charge in [0, 0.05) is 17.8 Å². The molecule has 7 nitrogen and oxygen atoms in total. The zero-order valence-electron chi connectivity index (χ0n) is 11.7. The van der Waals surface area contributed by atoms with Crippen LogP contribution in [0.2, 0.25) is 0 Å². The Hall–Kier alpha value is -1.96. The third-order valence-electron chi connectivity index (χ3n) is 3.82. The molecule has 8 heteroatoms. The van der Waals surface area contributed by atoms with Gasteiger partial charge in [-0.15, -0.1) is 5.10 Å². The SMILES string of the molecule is Cc1cccc(N)c1-c1nnnn1CC1CCS(=O)(=O)C1. The van der Waals surface area contributed by atoms with E-state index >= 15 is 0 Å². The largest absolute Gasteiger partial charge is 0.398 e. The number of nitrogens with two attached hydrogens (primary N) is 1. The predicted octanol–water partition coefficient (Wildman–Crippen LogP) is 0.665. The molecule has 3 rings (SSSR count). The monoisotopic (exact) mass is 307 g/mol. The Morgan fingerprint density at radius 2 is 2.24 bits per heavy atom. The summed E-state index contributed by atoms with van der Waals surface area (Å²) in [5, 5.41) is 11.8. The fraction of sp³-hybridized carbons (Fsp3) is 0.462. The zero-order valence-corrected chi connectivity index (χ0v) is 12.5. The molecule has 0 spiro atoms. The zero-order chi connectivity index (χ0) is 15.0. The van der Waals surface area contributed by atoms with Crippen LogP contribution >= 0.6 is 0 Å². The van der Waals surface area contributed by atoms with Gasteiger partial charge in [-0.3, -0.25) is 0 Å². The highest BCUT2D eigenvalue weighted by Crippen LogP contribution is 2.28. The summed E-state index contributed by atoms with van der Waals surface area (Å²) < 4.78 is 24.8. The first-order chi connectivity index (χ1) is 9.96. The number of aryl methyl sites for hydroxylation is 1. The van der Waals surface area contributed by atoms with Crippen molar-refractivity contribution in [1.29, 1.82) is 0 Å². The van der Waals surface area contributed by atoms with Gasteiger partial charge in [0.25, 0.3) is 0 Å². The average molecular weight is 307 g/mol. The molecule has 112 valence electrons. The summed E-state index contributed by atoms with van der Waals surface area (Å²) in [6.45, 7) is 2.44. The fourth-order valence-corrected chi connectivity index (χ4v) is 4.61. The molecule has 0 aliphatic carbocycles. The van der Waals surface area contributed by atoms with Crippen LogP contribution in [0.4, 0.5) is 5.69 Å². The van der Waals surface area contributed by atoms with Crippen LogP contribution in [0.1, 0.15) is 12.0 Å². The van der Waals surface area contributed by atoms with Crippen LogP contribution in [0.3, 0.4) is 0 Å². The number of hydrogen-bond acceptors (Lipinski definition) is 6. The van der Waals surface area contributed by atoms with Crippen LogP contribution in [-0.2, 0) is 16.4 Å². The molecule has 2 N–H and O–H groups in total. The van der Waals surface area contributed by atoms with Gasteiger partial charge in [0.05, 0.1) is 11.5 Å². The van der Waals surface area contributed by atoms with Crippen molar-refractivity contribution in [3.8, 4) is 11.4 Å². The lowest BCUT2D eigenvalue weighted by molar-refractivity contribution is 0.452. The number of nitrogens with zero attached hydrogens (tertiary/aromatic N) is 4. The Kier molecular flexibility index (Phi) is 3.40. The lowest BCUT2D eigenvalue weighted by Gasteiger charge is -2.12. The molecule has 0 amide bonds. The normalized spacial score (nSPS) is 20.7. The number of tetrazole rings is 1. The van der Waals surface area contributed by atoms with Crippen LogP contribution < -0.4 is 5.73 Å². The number of sulfone groups is 1. The van der Waals surface area contributed by atoms with Gasteiger partial charge in [-0.1, -0.05) is 12.1 Å². The van der Waals surface area contributed by atoms with E-state index < -0.39 is 9.84 Å². The Morgan fingerprint density at radius 1 is 1.43 bits per heavy atom. The predicted molar refractivity (Wildman–Crippen MR) is 79.2 cm³/mol. The van der Waals surface area contributed by atoms with Gasteiger partial charge in [0.2, 0.25) is 0 Å². The summed E-state index contributed by atoms with van der Waals surface area (Å²) in [5.41, 5.74) is 8.44. The second-order valence-electron chi connectivity index (χ2n) is 5.49. The van der Waals surface area contributed by atoms with Gasteiger partial charge in [-0.05, 0) is 41.3 Å². The van der Waals surface area contributed by atoms with Crippen molar-refractivity contribution in [2.75, 3.05) is 17.2 Å². The lowest BCUT2D eigenvalue weighted by atomic mass is 10.1. The Labute approximate surface area is 123 Å². The van der Waals surface area contributed by atoms with Crippen molar-refractivity contribution in [2.45, 2.75) is 19.9 Å². The van der Waals surface area contributed by atoms with Gasteiger partial charge < -0.3 is 5.73 Å². The van der Waals surface area contributed by atoms with E-state index in [2.05, 4.69) is 15.5 Å². The molecular weight excluding hydrogens is 290 g/mol. The highest BCUT2D eigenvalue weighted by molar-refractivity contribution is 7.91. The number of hydrogen-bond donors (Lipinski definition) is 1. The Bertz CT molecular complexity index is 748. The summed E-state index contributed by atoms with van der Waals surface area (Å²) in [5.74, 6) is 1.11. The molecular formula is C13H17N5O2S. The van der Waals surface area contributed by atoms with E-state index in [-0.39, 0.29) is 17.4 Å². The highest BCUT2D eigenvalue weighted by Gasteiger charge is 2.29. The van der Waals surface area contributed by atoms with Crippen molar-refractivity contribution in [2.24, 2.45) is 5.92 Å². The highest BCUT2D eigenvalue weighted by atomic mass is 32.2.